The SMILES string of the molecule is CCCCCCCCNc1ccccc1OCC. The van der Waals surface area contributed by atoms with Crippen LogP contribution in [0.1, 0.15) is 52.4 Å². The van der Waals surface area contributed by atoms with Gasteiger partial charge in [-0.3, -0.25) is 0 Å². The van der Waals surface area contributed by atoms with Crippen LogP contribution in [0.4, 0.5) is 5.69 Å². The van der Waals surface area contributed by atoms with Gasteiger partial charge in [0.2, 0.25) is 0 Å². The second-order valence-electron chi connectivity index (χ2n) is 4.62. The van der Waals surface area contributed by atoms with Crippen LogP contribution in [0.15, 0.2) is 24.3 Å². The van der Waals surface area contributed by atoms with Crippen molar-refractivity contribution in [1.29, 1.82) is 0 Å². The molecule has 0 unspecified atom stereocenters. The van der Waals surface area contributed by atoms with Gasteiger partial charge < -0.3 is 10.1 Å². The van der Waals surface area contributed by atoms with E-state index in [0.29, 0.717) is 0 Å². The lowest BCUT2D eigenvalue weighted by atomic mass is 10.1. The summed E-state index contributed by atoms with van der Waals surface area (Å²) in [6, 6.07) is 8.17. The molecule has 0 radical (unpaired) electrons. The molecule has 1 rings (SSSR count). The highest BCUT2D eigenvalue weighted by molar-refractivity contribution is 5.56. The van der Waals surface area contributed by atoms with Crippen LogP contribution in [0.2, 0.25) is 0 Å². The van der Waals surface area contributed by atoms with Gasteiger partial charge in [-0.2, -0.15) is 0 Å². The molecule has 2 nitrogen and oxygen atoms in total. The van der Waals surface area contributed by atoms with Crippen molar-refractivity contribution in [2.24, 2.45) is 0 Å². The summed E-state index contributed by atoms with van der Waals surface area (Å²) in [6.45, 7) is 6.03. The van der Waals surface area contributed by atoms with Gasteiger partial charge >= 0.3 is 0 Å². The summed E-state index contributed by atoms with van der Waals surface area (Å²) < 4.78 is 5.58. The number of para-hydroxylation sites is 2. The topological polar surface area (TPSA) is 21.3 Å². The van der Waals surface area contributed by atoms with Gasteiger partial charge in [0.15, 0.2) is 0 Å². The second kappa shape index (κ2) is 9.81. The molecule has 18 heavy (non-hydrogen) atoms. The maximum Gasteiger partial charge on any atom is 0.142 e. The average Bonchev–Trinajstić information content (AvgIpc) is 2.40. The fraction of sp³-hybridized carbons (Fsp3) is 0.625. The van der Waals surface area contributed by atoms with Gasteiger partial charge in [-0.15, -0.1) is 0 Å². The lowest BCUT2D eigenvalue weighted by Gasteiger charge is -2.11. The molecule has 0 atom stereocenters. The Kier molecular flexibility index (Phi) is 8.11. The van der Waals surface area contributed by atoms with Crippen LogP contribution < -0.4 is 10.1 Å². The molecular formula is C16H27NO. The summed E-state index contributed by atoms with van der Waals surface area (Å²) in [4.78, 5) is 0. The van der Waals surface area contributed by atoms with Gasteiger partial charge in [0.1, 0.15) is 5.75 Å². The van der Waals surface area contributed by atoms with E-state index < -0.39 is 0 Å². The standard InChI is InChI=1S/C16H27NO/c1-3-5-6-7-8-11-14-17-15-12-9-10-13-16(15)18-4-2/h9-10,12-13,17H,3-8,11,14H2,1-2H3. The number of nitrogens with one attached hydrogen (secondary N) is 1. The lowest BCUT2D eigenvalue weighted by molar-refractivity contribution is 0.341. The molecule has 0 amide bonds. The Balaban J connectivity index is 2.18. The predicted molar refractivity (Wildman–Crippen MR) is 79.5 cm³/mol. The molecule has 1 aromatic carbocycles. The molecule has 0 spiro atoms. The zero-order chi connectivity index (χ0) is 13.1. The third kappa shape index (κ3) is 5.95. The number of hydrogen-bond acceptors (Lipinski definition) is 2. The zero-order valence-electron chi connectivity index (χ0n) is 11.9. The normalized spacial score (nSPS) is 10.3. The van der Waals surface area contributed by atoms with E-state index in [9.17, 15) is 0 Å². The van der Waals surface area contributed by atoms with Crippen LogP contribution in [0.25, 0.3) is 0 Å². The number of benzene rings is 1. The molecule has 1 N–H and O–H groups in total. The summed E-state index contributed by atoms with van der Waals surface area (Å²) in [7, 11) is 0. The fourth-order valence-corrected chi connectivity index (χ4v) is 2.02. The number of rotatable bonds is 10. The van der Waals surface area contributed by atoms with E-state index in [1.165, 1.54) is 38.5 Å². The van der Waals surface area contributed by atoms with Crippen LogP contribution in [0, 0.1) is 0 Å². The Labute approximate surface area is 112 Å². The summed E-state index contributed by atoms with van der Waals surface area (Å²) in [5.41, 5.74) is 1.12. The first-order chi connectivity index (χ1) is 8.88. The third-order valence-electron chi connectivity index (χ3n) is 3.03. The average molecular weight is 249 g/mol. The Morgan fingerprint density at radius 1 is 0.944 bits per heavy atom. The minimum absolute atomic E-state index is 0.718. The molecule has 0 bridgehead atoms. The minimum atomic E-state index is 0.718. The molecule has 0 aliphatic heterocycles. The smallest absolute Gasteiger partial charge is 0.142 e. The predicted octanol–water partition coefficient (Wildman–Crippen LogP) is 4.86. The maximum absolute atomic E-state index is 5.58. The number of unbranched alkanes of at least 4 members (excludes halogenated alkanes) is 5. The van der Waals surface area contributed by atoms with Crippen LogP contribution in [-0.2, 0) is 0 Å². The quantitative estimate of drug-likeness (QED) is 0.598. The van der Waals surface area contributed by atoms with Crippen molar-refractivity contribution in [1.82, 2.24) is 0 Å². The van der Waals surface area contributed by atoms with Crippen molar-refractivity contribution in [3.8, 4) is 5.75 Å². The van der Waals surface area contributed by atoms with E-state index in [-0.39, 0.29) is 0 Å². The van der Waals surface area contributed by atoms with Crippen LogP contribution in [-0.4, -0.2) is 13.2 Å². The highest BCUT2D eigenvalue weighted by atomic mass is 16.5. The minimum Gasteiger partial charge on any atom is -0.492 e. The van der Waals surface area contributed by atoms with Gasteiger partial charge in [0, 0.05) is 6.54 Å². The van der Waals surface area contributed by atoms with Crippen molar-refractivity contribution in [3.05, 3.63) is 24.3 Å². The third-order valence-corrected chi connectivity index (χ3v) is 3.03. The largest absolute Gasteiger partial charge is 0.492 e. The van der Waals surface area contributed by atoms with Crippen molar-refractivity contribution in [2.45, 2.75) is 52.4 Å². The lowest BCUT2D eigenvalue weighted by Crippen LogP contribution is -2.04. The summed E-state index contributed by atoms with van der Waals surface area (Å²) in [5, 5.41) is 3.46. The Hall–Kier alpha value is -1.18. The van der Waals surface area contributed by atoms with E-state index >= 15 is 0 Å². The monoisotopic (exact) mass is 249 g/mol. The van der Waals surface area contributed by atoms with Gasteiger partial charge in [0.25, 0.3) is 0 Å². The van der Waals surface area contributed by atoms with Crippen LogP contribution in [0.3, 0.4) is 0 Å². The molecular weight excluding hydrogens is 222 g/mol. The van der Waals surface area contributed by atoms with Crippen LogP contribution in [0.5, 0.6) is 5.75 Å². The van der Waals surface area contributed by atoms with Crippen molar-refractivity contribution in [3.63, 3.8) is 0 Å². The summed E-state index contributed by atoms with van der Waals surface area (Å²) in [5.74, 6) is 0.964. The van der Waals surface area contributed by atoms with Crippen molar-refractivity contribution < 1.29 is 4.74 Å². The van der Waals surface area contributed by atoms with Crippen molar-refractivity contribution >= 4 is 5.69 Å². The first-order valence-corrected chi connectivity index (χ1v) is 7.34. The van der Waals surface area contributed by atoms with E-state index in [0.717, 1.165) is 24.6 Å². The van der Waals surface area contributed by atoms with Gasteiger partial charge in [0.05, 0.1) is 12.3 Å². The highest BCUT2D eigenvalue weighted by Gasteiger charge is 2.00. The van der Waals surface area contributed by atoms with Gasteiger partial charge in [-0.1, -0.05) is 51.2 Å². The Bertz CT molecular complexity index is 312. The summed E-state index contributed by atoms with van der Waals surface area (Å²) >= 11 is 0. The van der Waals surface area contributed by atoms with E-state index in [4.69, 9.17) is 4.74 Å². The molecule has 0 fully saturated rings. The van der Waals surface area contributed by atoms with E-state index in [1.807, 2.05) is 25.1 Å². The molecule has 1 aromatic rings. The number of ether oxygens (including phenoxy) is 1. The van der Waals surface area contributed by atoms with Crippen LogP contribution >= 0.6 is 0 Å². The van der Waals surface area contributed by atoms with Gasteiger partial charge in [-0.25, -0.2) is 0 Å². The Morgan fingerprint density at radius 3 is 2.44 bits per heavy atom. The molecule has 0 saturated heterocycles. The van der Waals surface area contributed by atoms with E-state index in [2.05, 4.69) is 18.3 Å². The Morgan fingerprint density at radius 2 is 1.67 bits per heavy atom. The zero-order valence-corrected chi connectivity index (χ0v) is 11.9. The maximum atomic E-state index is 5.58. The first kappa shape index (κ1) is 14.9. The molecule has 0 heterocycles. The van der Waals surface area contributed by atoms with E-state index in [1.54, 1.807) is 0 Å². The molecule has 0 saturated carbocycles. The first-order valence-electron chi connectivity index (χ1n) is 7.34. The molecule has 2 heteroatoms. The fourth-order valence-electron chi connectivity index (χ4n) is 2.02. The highest BCUT2D eigenvalue weighted by Crippen LogP contribution is 2.23. The summed E-state index contributed by atoms with van der Waals surface area (Å²) in [6.07, 6.45) is 8.00. The molecule has 0 aliphatic rings. The number of hydrogen-bond donors (Lipinski definition) is 1. The molecule has 0 aliphatic carbocycles. The molecule has 102 valence electrons. The second-order valence-corrected chi connectivity index (χ2v) is 4.62. The molecule has 0 aromatic heterocycles. The van der Waals surface area contributed by atoms with Crippen molar-refractivity contribution in [2.75, 3.05) is 18.5 Å². The number of anilines is 1. The van der Waals surface area contributed by atoms with Gasteiger partial charge in [-0.05, 0) is 25.5 Å².